The molecule has 0 fully saturated rings. The Morgan fingerprint density at radius 1 is 1.20 bits per heavy atom. The van der Waals surface area contributed by atoms with Gasteiger partial charge in [-0.25, -0.2) is 4.39 Å². The Hall–Kier alpha value is -3.55. The van der Waals surface area contributed by atoms with E-state index in [1.54, 1.807) is 24.4 Å². The Kier molecular flexibility index (Phi) is 4.51. The maximum atomic E-state index is 13.6. The fourth-order valence-corrected chi connectivity index (χ4v) is 2.25. The summed E-state index contributed by atoms with van der Waals surface area (Å²) < 4.78 is 15.1. The summed E-state index contributed by atoms with van der Waals surface area (Å²) in [6, 6.07) is 11.6. The van der Waals surface area contributed by atoms with Crippen LogP contribution in [0.4, 0.5) is 15.8 Å². The van der Waals surface area contributed by atoms with Crippen LogP contribution in [0, 0.1) is 15.9 Å². The lowest BCUT2D eigenvalue weighted by Crippen LogP contribution is -2.11. The van der Waals surface area contributed by atoms with Gasteiger partial charge in [0.1, 0.15) is 5.82 Å². The molecule has 1 N–H and O–H groups in total. The highest BCUT2D eigenvalue weighted by Crippen LogP contribution is 2.15. The van der Waals surface area contributed by atoms with E-state index in [1.807, 2.05) is 0 Å². The Labute approximate surface area is 141 Å². The number of benzene rings is 2. The quantitative estimate of drug-likeness (QED) is 0.570. The zero-order valence-corrected chi connectivity index (χ0v) is 12.9. The summed E-state index contributed by atoms with van der Waals surface area (Å²) in [6.07, 6.45) is 3.03. The van der Waals surface area contributed by atoms with E-state index in [0.29, 0.717) is 11.3 Å². The smallest absolute Gasteiger partial charge is 0.269 e. The molecule has 0 spiro atoms. The van der Waals surface area contributed by atoms with Crippen molar-refractivity contribution in [3.05, 3.63) is 88.0 Å². The molecule has 0 aliphatic heterocycles. The number of amides is 1. The van der Waals surface area contributed by atoms with Crippen LogP contribution in [0.25, 0.3) is 0 Å². The third kappa shape index (κ3) is 3.86. The van der Waals surface area contributed by atoms with Crippen LogP contribution in [0.15, 0.2) is 60.9 Å². The van der Waals surface area contributed by atoms with Crippen molar-refractivity contribution in [1.82, 2.24) is 9.78 Å². The third-order valence-electron chi connectivity index (χ3n) is 3.52. The molecular weight excluding hydrogens is 327 g/mol. The molecule has 0 saturated heterocycles. The van der Waals surface area contributed by atoms with Crippen molar-refractivity contribution in [3.8, 4) is 0 Å². The van der Waals surface area contributed by atoms with Gasteiger partial charge in [0.05, 0.1) is 23.4 Å². The Balaban J connectivity index is 1.67. The summed E-state index contributed by atoms with van der Waals surface area (Å²) in [4.78, 5) is 22.2. The van der Waals surface area contributed by atoms with E-state index < -0.39 is 10.8 Å². The van der Waals surface area contributed by atoms with E-state index in [-0.39, 0.29) is 23.6 Å². The molecule has 3 aromatic rings. The van der Waals surface area contributed by atoms with Crippen molar-refractivity contribution in [2.24, 2.45) is 0 Å². The van der Waals surface area contributed by atoms with Crippen LogP contribution >= 0.6 is 0 Å². The third-order valence-corrected chi connectivity index (χ3v) is 3.52. The SMILES string of the molecule is O=C(Nc1cnn(Cc2ccccc2F)c1)c1ccc([N+](=O)[O-])cc1. The van der Waals surface area contributed by atoms with E-state index in [4.69, 9.17) is 0 Å². The van der Waals surface area contributed by atoms with E-state index in [2.05, 4.69) is 10.4 Å². The highest BCUT2D eigenvalue weighted by Gasteiger charge is 2.11. The van der Waals surface area contributed by atoms with E-state index >= 15 is 0 Å². The lowest BCUT2D eigenvalue weighted by atomic mass is 10.2. The molecule has 0 unspecified atom stereocenters. The van der Waals surface area contributed by atoms with Gasteiger partial charge in [-0.1, -0.05) is 18.2 Å². The first kappa shape index (κ1) is 16.3. The monoisotopic (exact) mass is 340 g/mol. The molecule has 8 heteroatoms. The highest BCUT2D eigenvalue weighted by molar-refractivity contribution is 6.04. The van der Waals surface area contributed by atoms with Gasteiger partial charge >= 0.3 is 0 Å². The second-order valence-electron chi connectivity index (χ2n) is 5.28. The summed E-state index contributed by atoms with van der Waals surface area (Å²) in [5.41, 5.74) is 1.13. The lowest BCUT2D eigenvalue weighted by Gasteiger charge is -2.03. The number of nitrogens with zero attached hydrogens (tertiary/aromatic N) is 3. The van der Waals surface area contributed by atoms with Crippen LogP contribution in [0.3, 0.4) is 0 Å². The molecule has 0 bridgehead atoms. The number of nitro benzene ring substituents is 1. The van der Waals surface area contributed by atoms with Crippen LogP contribution < -0.4 is 5.32 Å². The fourth-order valence-electron chi connectivity index (χ4n) is 2.25. The minimum atomic E-state index is -0.533. The molecular formula is C17H13FN4O3. The number of carbonyl (C=O) groups is 1. The number of hydrogen-bond acceptors (Lipinski definition) is 4. The van der Waals surface area contributed by atoms with Gasteiger partial charge < -0.3 is 5.32 Å². The number of halogens is 1. The largest absolute Gasteiger partial charge is 0.319 e. The van der Waals surface area contributed by atoms with Gasteiger partial charge in [0, 0.05) is 29.5 Å². The van der Waals surface area contributed by atoms with Crippen molar-refractivity contribution >= 4 is 17.3 Å². The first-order chi connectivity index (χ1) is 12.0. The van der Waals surface area contributed by atoms with Crippen LogP contribution in [-0.2, 0) is 6.54 Å². The number of nitrogens with one attached hydrogen (secondary N) is 1. The van der Waals surface area contributed by atoms with Crippen LogP contribution in [0.5, 0.6) is 0 Å². The molecule has 0 aliphatic carbocycles. The van der Waals surface area contributed by atoms with Gasteiger partial charge in [0.25, 0.3) is 11.6 Å². The number of carbonyl (C=O) groups excluding carboxylic acids is 1. The second-order valence-corrected chi connectivity index (χ2v) is 5.28. The highest BCUT2D eigenvalue weighted by atomic mass is 19.1. The second kappa shape index (κ2) is 6.91. The van der Waals surface area contributed by atoms with Crippen LogP contribution in [0.2, 0.25) is 0 Å². The van der Waals surface area contributed by atoms with Gasteiger partial charge in [0.2, 0.25) is 0 Å². The molecule has 0 atom stereocenters. The predicted octanol–water partition coefficient (Wildman–Crippen LogP) is 3.23. The van der Waals surface area contributed by atoms with E-state index in [1.165, 1.54) is 41.2 Å². The molecule has 0 aliphatic rings. The Morgan fingerprint density at radius 3 is 2.60 bits per heavy atom. The van der Waals surface area contributed by atoms with Gasteiger partial charge in [-0.15, -0.1) is 0 Å². The van der Waals surface area contributed by atoms with Crippen molar-refractivity contribution in [1.29, 1.82) is 0 Å². The average Bonchev–Trinajstić information content (AvgIpc) is 3.04. The molecule has 0 radical (unpaired) electrons. The number of anilines is 1. The number of rotatable bonds is 5. The van der Waals surface area contributed by atoms with E-state index in [9.17, 15) is 19.3 Å². The van der Waals surface area contributed by atoms with E-state index in [0.717, 1.165) is 0 Å². The summed E-state index contributed by atoms with van der Waals surface area (Å²) in [6.45, 7) is 0.236. The molecule has 1 heterocycles. The van der Waals surface area contributed by atoms with Gasteiger partial charge in [-0.2, -0.15) is 5.10 Å². The predicted molar refractivity (Wildman–Crippen MR) is 88.8 cm³/mol. The normalized spacial score (nSPS) is 10.4. The maximum Gasteiger partial charge on any atom is 0.269 e. The molecule has 0 saturated carbocycles. The minimum absolute atomic E-state index is 0.0887. The molecule has 7 nitrogen and oxygen atoms in total. The first-order valence-corrected chi connectivity index (χ1v) is 7.34. The van der Waals surface area contributed by atoms with Crippen molar-refractivity contribution in [2.75, 3.05) is 5.32 Å². The molecule has 1 aromatic heterocycles. The van der Waals surface area contributed by atoms with Crippen molar-refractivity contribution in [3.63, 3.8) is 0 Å². The zero-order valence-electron chi connectivity index (χ0n) is 12.9. The topological polar surface area (TPSA) is 90.1 Å². The molecule has 126 valence electrons. The van der Waals surface area contributed by atoms with Crippen LogP contribution in [0.1, 0.15) is 15.9 Å². The fraction of sp³-hybridized carbons (Fsp3) is 0.0588. The number of hydrogen-bond donors (Lipinski definition) is 1. The number of nitro groups is 1. The summed E-state index contributed by atoms with van der Waals surface area (Å²) in [7, 11) is 0. The molecule has 2 aromatic carbocycles. The van der Waals surface area contributed by atoms with Gasteiger partial charge in [-0.3, -0.25) is 19.6 Å². The number of aromatic nitrogens is 2. The molecule has 25 heavy (non-hydrogen) atoms. The zero-order chi connectivity index (χ0) is 17.8. The van der Waals surface area contributed by atoms with Crippen molar-refractivity contribution < 1.29 is 14.1 Å². The summed E-state index contributed by atoms with van der Waals surface area (Å²) >= 11 is 0. The average molecular weight is 340 g/mol. The van der Waals surface area contributed by atoms with Gasteiger partial charge in [-0.05, 0) is 18.2 Å². The summed E-state index contributed by atoms with van der Waals surface area (Å²) in [5.74, 6) is -0.741. The van der Waals surface area contributed by atoms with Crippen LogP contribution in [-0.4, -0.2) is 20.6 Å². The van der Waals surface area contributed by atoms with Gasteiger partial charge in [0.15, 0.2) is 0 Å². The maximum absolute atomic E-state index is 13.6. The minimum Gasteiger partial charge on any atom is -0.319 e. The standard InChI is InChI=1S/C17H13FN4O3/c18-16-4-2-1-3-13(16)10-21-11-14(9-19-21)20-17(23)12-5-7-15(8-6-12)22(24)25/h1-9,11H,10H2,(H,20,23). The first-order valence-electron chi connectivity index (χ1n) is 7.34. The lowest BCUT2D eigenvalue weighted by molar-refractivity contribution is -0.384. The number of non-ortho nitro benzene ring substituents is 1. The Morgan fingerprint density at radius 2 is 1.92 bits per heavy atom. The van der Waals surface area contributed by atoms with Crippen molar-refractivity contribution in [2.45, 2.75) is 6.54 Å². The molecule has 1 amide bonds. The Bertz CT molecular complexity index is 922. The summed E-state index contributed by atoms with van der Waals surface area (Å²) in [5, 5.41) is 17.3. The molecule has 3 rings (SSSR count).